The normalized spacial score (nSPS) is 24.2. The van der Waals surface area contributed by atoms with Crippen LogP contribution in [-0.4, -0.2) is 25.8 Å². The minimum absolute atomic E-state index is 0.566. The summed E-state index contributed by atoms with van der Waals surface area (Å²) in [5.74, 6) is 0.655. The first kappa shape index (κ1) is 16.0. The third kappa shape index (κ3) is 7.38. The summed E-state index contributed by atoms with van der Waals surface area (Å²) in [6.45, 7) is 12.1. The van der Waals surface area contributed by atoms with Crippen molar-refractivity contribution in [2.24, 2.45) is 11.3 Å². The summed E-state index contributed by atoms with van der Waals surface area (Å²) >= 11 is 0. The maximum Gasteiger partial charge on any atom is 0.0489 e. The van der Waals surface area contributed by atoms with Gasteiger partial charge in [-0.05, 0) is 50.0 Å². The minimum atomic E-state index is 0.566. The van der Waals surface area contributed by atoms with E-state index in [1.54, 1.807) is 0 Å². The van der Waals surface area contributed by atoms with E-state index in [9.17, 15) is 0 Å². The Bertz CT molecular complexity index is 213. The molecule has 1 aliphatic rings. The topological polar surface area (TPSA) is 21.3 Å². The van der Waals surface area contributed by atoms with E-state index >= 15 is 0 Å². The third-order valence-electron chi connectivity index (χ3n) is 3.93. The second-order valence-corrected chi connectivity index (χ2v) is 7.07. The van der Waals surface area contributed by atoms with Crippen LogP contribution in [0.15, 0.2) is 0 Å². The van der Waals surface area contributed by atoms with Crippen LogP contribution in [0.4, 0.5) is 0 Å². The Morgan fingerprint density at radius 3 is 2.72 bits per heavy atom. The van der Waals surface area contributed by atoms with E-state index in [4.69, 9.17) is 4.74 Å². The highest BCUT2D eigenvalue weighted by Crippen LogP contribution is 2.33. The molecule has 0 amide bonds. The predicted octanol–water partition coefficient (Wildman–Crippen LogP) is 4.00. The number of rotatable bonds is 7. The van der Waals surface area contributed by atoms with Gasteiger partial charge in [0.15, 0.2) is 0 Å². The van der Waals surface area contributed by atoms with Crippen LogP contribution in [0.5, 0.6) is 0 Å². The van der Waals surface area contributed by atoms with Gasteiger partial charge in [0.2, 0.25) is 0 Å². The van der Waals surface area contributed by atoms with Crippen molar-refractivity contribution >= 4 is 0 Å². The second-order valence-electron chi connectivity index (χ2n) is 7.07. The van der Waals surface area contributed by atoms with Gasteiger partial charge in [0.05, 0.1) is 0 Å². The second kappa shape index (κ2) is 8.16. The number of nitrogens with one attached hydrogen (secondary N) is 1. The standard InChI is InChI=1S/C16H33NO/c1-14(2)13-18-12-6-11-17-15-7-5-9-16(3,4)10-8-15/h14-15,17H,5-13H2,1-4H3. The molecule has 0 aromatic carbocycles. The summed E-state index contributed by atoms with van der Waals surface area (Å²) < 4.78 is 5.60. The molecule has 1 N–H and O–H groups in total. The van der Waals surface area contributed by atoms with Crippen LogP contribution >= 0.6 is 0 Å². The largest absolute Gasteiger partial charge is 0.381 e. The smallest absolute Gasteiger partial charge is 0.0489 e. The molecule has 1 unspecified atom stereocenters. The molecular formula is C16H33NO. The fourth-order valence-corrected chi connectivity index (χ4v) is 2.66. The van der Waals surface area contributed by atoms with E-state index in [2.05, 4.69) is 33.0 Å². The molecule has 1 aliphatic carbocycles. The molecule has 0 saturated heterocycles. The van der Waals surface area contributed by atoms with E-state index in [1.807, 2.05) is 0 Å². The highest BCUT2D eigenvalue weighted by atomic mass is 16.5. The Morgan fingerprint density at radius 2 is 2.00 bits per heavy atom. The molecule has 0 aromatic heterocycles. The van der Waals surface area contributed by atoms with Crippen molar-refractivity contribution in [1.82, 2.24) is 5.32 Å². The summed E-state index contributed by atoms with van der Waals surface area (Å²) in [4.78, 5) is 0. The van der Waals surface area contributed by atoms with Crippen LogP contribution in [0.3, 0.4) is 0 Å². The van der Waals surface area contributed by atoms with E-state index < -0.39 is 0 Å². The Labute approximate surface area is 114 Å². The molecule has 0 spiro atoms. The lowest BCUT2D eigenvalue weighted by Crippen LogP contribution is -2.30. The van der Waals surface area contributed by atoms with Gasteiger partial charge in [-0.25, -0.2) is 0 Å². The number of hydrogen-bond acceptors (Lipinski definition) is 2. The average molecular weight is 255 g/mol. The average Bonchev–Trinajstić information content (AvgIpc) is 2.45. The lowest BCUT2D eigenvalue weighted by molar-refractivity contribution is 0.107. The molecule has 1 fully saturated rings. The van der Waals surface area contributed by atoms with E-state index in [1.165, 1.54) is 32.1 Å². The monoisotopic (exact) mass is 255 g/mol. The molecule has 1 atom stereocenters. The van der Waals surface area contributed by atoms with Crippen molar-refractivity contribution in [2.75, 3.05) is 19.8 Å². The fourth-order valence-electron chi connectivity index (χ4n) is 2.66. The highest BCUT2D eigenvalue weighted by molar-refractivity contribution is 4.79. The quantitative estimate of drug-likeness (QED) is 0.548. The predicted molar refractivity (Wildman–Crippen MR) is 78.9 cm³/mol. The van der Waals surface area contributed by atoms with Gasteiger partial charge in [-0.15, -0.1) is 0 Å². The summed E-state index contributed by atoms with van der Waals surface area (Å²) in [6, 6.07) is 0.747. The molecule has 0 radical (unpaired) electrons. The van der Waals surface area contributed by atoms with Crippen LogP contribution in [0, 0.1) is 11.3 Å². The molecule has 2 heteroatoms. The first-order chi connectivity index (χ1) is 8.49. The Morgan fingerprint density at radius 1 is 1.22 bits per heavy atom. The number of ether oxygens (including phenoxy) is 1. The summed E-state index contributed by atoms with van der Waals surface area (Å²) in [7, 11) is 0. The van der Waals surface area contributed by atoms with E-state index in [0.717, 1.165) is 32.2 Å². The molecule has 1 saturated carbocycles. The molecule has 0 aromatic rings. The summed E-state index contributed by atoms with van der Waals surface area (Å²) in [5, 5.41) is 3.71. The zero-order valence-electron chi connectivity index (χ0n) is 12.9. The molecule has 108 valence electrons. The summed E-state index contributed by atoms with van der Waals surface area (Å²) in [6.07, 6.45) is 7.99. The van der Waals surface area contributed by atoms with E-state index in [0.29, 0.717) is 11.3 Å². The van der Waals surface area contributed by atoms with Gasteiger partial charge in [-0.2, -0.15) is 0 Å². The van der Waals surface area contributed by atoms with Crippen molar-refractivity contribution in [3.63, 3.8) is 0 Å². The Hall–Kier alpha value is -0.0800. The lowest BCUT2D eigenvalue weighted by Gasteiger charge is -2.22. The van der Waals surface area contributed by atoms with Gasteiger partial charge < -0.3 is 10.1 Å². The molecule has 0 heterocycles. The first-order valence-electron chi connectivity index (χ1n) is 7.81. The zero-order valence-corrected chi connectivity index (χ0v) is 12.9. The van der Waals surface area contributed by atoms with Crippen LogP contribution in [0.25, 0.3) is 0 Å². The van der Waals surface area contributed by atoms with Crippen molar-refractivity contribution in [1.29, 1.82) is 0 Å². The van der Waals surface area contributed by atoms with Gasteiger partial charge in [0.1, 0.15) is 0 Å². The van der Waals surface area contributed by atoms with Gasteiger partial charge in [0, 0.05) is 19.3 Å². The third-order valence-corrected chi connectivity index (χ3v) is 3.93. The first-order valence-corrected chi connectivity index (χ1v) is 7.81. The molecule has 2 nitrogen and oxygen atoms in total. The summed E-state index contributed by atoms with van der Waals surface area (Å²) in [5.41, 5.74) is 0.566. The maximum absolute atomic E-state index is 5.60. The SMILES string of the molecule is CC(C)COCCCNC1CCCC(C)(C)CC1. The molecule has 0 bridgehead atoms. The van der Waals surface area contributed by atoms with Crippen molar-refractivity contribution in [3.05, 3.63) is 0 Å². The van der Waals surface area contributed by atoms with Crippen molar-refractivity contribution in [3.8, 4) is 0 Å². The molecule has 18 heavy (non-hydrogen) atoms. The van der Waals surface area contributed by atoms with Crippen LogP contribution < -0.4 is 5.32 Å². The molecule has 0 aliphatic heterocycles. The Balaban J connectivity index is 2.02. The van der Waals surface area contributed by atoms with Crippen LogP contribution in [-0.2, 0) is 4.74 Å². The Kier molecular flexibility index (Phi) is 7.25. The fraction of sp³-hybridized carbons (Fsp3) is 1.00. The van der Waals surface area contributed by atoms with Crippen molar-refractivity contribution < 1.29 is 4.74 Å². The number of hydrogen-bond donors (Lipinski definition) is 1. The minimum Gasteiger partial charge on any atom is -0.381 e. The van der Waals surface area contributed by atoms with Crippen molar-refractivity contribution in [2.45, 2.75) is 72.3 Å². The lowest BCUT2D eigenvalue weighted by atomic mass is 9.85. The maximum atomic E-state index is 5.60. The van der Waals surface area contributed by atoms with Gasteiger partial charge in [0.25, 0.3) is 0 Å². The van der Waals surface area contributed by atoms with E-state index in [-0.39, 0.29) is 0 Å². The van der Waals surface area contributed by atoms with Gasteiger partial charge >= 0.3 is 0 Å². The highest BCUT2D eigenvalue weighted by Gasteiger charge is 2.23. The van der Waals surface area contributed by atoms with Crippen LogP contribution in [0.2, 0.25) is 0 Å². The molecular weight excluding hydrogens is 222 g/mol. The van der Waals surface area contributed by atoms with Gasteiger partial charge in [-0.1, -0.05) is 34.1 Å². The zero-order chi connectivity index (χ0) is 13.4. The molecule has 1 rings (SSSR count). The van der Waals surface area contributed by atoms with Gasteiger partial charge in [-0.3, -0.25) is 0 Å². The van der Waals surface area contributed by atoms with Crippen LogP contribution in [0.1, 0.15) is 66.2 Å².